The average molecular weight is 388 g/mol. The van der Waals surface area contributed by atoms with E-state index in [1.807, 2.05) is 0 Å². The molecule has 1 aromatic heterocycles. The second-order valence-electron chi connectivity index (χ2n) is 6.10. The van der Waals surface area contributed by atoms with E-state index in [9.17, 15) is 13.6 Å². The molecule has 0 saturated heterocycles. The Morgan fingerprint density at radius 2 is 1.92 bits per heavy atom. The van der Waals surface area contributed by atoms with Gasteiger partial charge in [-0.05, 0) is 25.0 Å². The molecule has 1 heterocycles. The van der Waals surface area contributed by atoms with Crippen molar-refractivity contribution in [2.45, 2.75) is 37.6 Å². The standard InChI is InChI=1S/C17H19F2N3OS.ClH/c18-11-4-3-5-12(19)15(11)17(6-1-2-7-17)10-21-16(23)13-9-24-14(8-20)22-13;/h3-5,9H,1-2,6-8,10,20H2,(H,21,23);1H. The second kappa shape index (κ2) is 8.21. The van der Waals surface area contributed by atoms with Crippen LogP contribution in [0.3, 0.4) is 0 Å². The lowest BCUT2D eigenvalue weighted by Gasteiger charge is -2.30. The molecule has 0 aliphatic heterocycles. The van der Waals surface area contributed by atoms with E-state index in [0.29, 0.717) is 23.5 Å². The molecule has 1 aliphatic carbocycles. The van der Waals surface area contributed by atoms with E-state index in [0.717, 1.165) is 12.8 Å². The van der Waals surface area contributed by atoms with Crippen molar-refractivity contribution in [3.8, 4) is 0 Å². The Morgan fingerprint density at radius 1 is 1.28 bits per heavy atom. The smallest absolute Gasteiger partial charge is 0.270 e. The highest BCUT2D eigenvalue weighted by Gasteiger charge is 2.40. The number of nitrogens with one attached hydrogen (secondary N) is 1. The summed E-state index contributed by atoms with van der Waals surface area (Å²) in [4.78, 5) is 16.4. The number of halogens is 3. The van der Waals surface area contributed by atoms with E-state index in [-0.39, 0.29) is 37.0 Å². The molecule has 4 nitrogen and oxygen atoms in total. The summed E-state index contributed by atoms with van der Waals surface area (Å²) in [5, 5.41) is 5.12. The second-order valence-corrected chi connectivity index (χ2v) is 7.04. The van der Waals surface area contributed by atoms with Crippen molar-refractivity contribution in [1.29, 1.82) is 0 Å². The molecule has 0 atom stereocenters. The third-order valence-electron chi connectivity index (χ3n) is 4.60. The van der Waals surface area contributed by atoms with Gasteiger partial charge in [-0.1, -0.05) is 18.9 Å². The van der Waals surface area contributed by atoms with Crippen LogP contribution in [0.15, 0.2) is 23.6 Å². The monoisotopic (exact) mass is 387 g/mol. The van der Waals surface area contributed by atoms with E-state index >= 15 is 0 Å². The summed E-state index contributed by atoms with van der Waals surface area (Å²) in [7, 11) is 0. The summed E-state index contributed by atoms with van der Waals surface area (Å²) in [5.41, 5.74) is 5.18. The number of hydrogen-bond acceptors (Lipinski definition) is 4. The van der Waals surface area contributed by atoms with Gasteiger partial charge in [-0.2, -0.15) is 0 Å². The maximum atomic E-state index is 14.3. The quantitative estimate of drug-likeness (QED) is 0.824. The van der Waals surface area contributed by atoms with Gasteiger partial charge in [0.25, 0.3) is 5.91 Å². The Kier molecular flexibility index (Phi) is 6.48. The van der Waals surface area contributed by atoms with Gasteiger partial charge in [0.05, 0.1) is 0 Å². The van der Waals surface area contributed by atoms with E-state index < -0.39 is 17.0 Å². The number of benzene rings is 1. The Hall–Kier alpha value is -1.57. The van der Waals surface area contributed by atoms with Crippen molar-refractivity contribution in [2.24, 2.45) is 5.73 Å². The van der Waals surface area contributed by atoms with Gasteiger partial charge >= 0.3 is 0 Å². The molecule has 0 unspecified atom stereocenters. The minimum Gasteiger partial charge on any atom is -0.350 e. The summed E-state index contributed by atoms with van der Waals surface area (Å²) >= 11 is 1.32. The number of thiazole rings is 1. The molecule has 25 heavy (non-hydrogen) atoms. The minimum absolute atomic E-state index is 0. The summed E-state index contributed by atoms with van der Waals surface area (Å²) in [6.45, 7) is 0.474. The normalized spacial score (nSPS) is 15.6. The number of nitrogens with two attached hydrogens (primary N) is 1. The molecule has 3 N–H and O–H groups in total. The van der Waals surface area contributed by atoms with Crippen molar-refractivity contribution < 1.29 is 13.6 Å². The summed E-state index contributed by atoms with van der Waals surface area (Å²) in [6, 6.07) is 3.90. The number of aromatic nitrogens is 1. The van der Waals surface area contributed by atoms with Crippen LogP contribution in [0.1, 0.15) is 46.7 Å². The van der Waals surface area contributed by atoms with Crippen LogP contribution in [-0.2, 0) is 12.0 Å². The van der Waals surface area contributed by atoms with Crippen LogP contribution in [-0.4, -0.2) is 17.4 Å². The van der Waals surface area contributed by atoms with Crippen LogP contribution in [0.4, 0.5) is 8.78 Å². The van der Waals surface area contributed by atoms with E-state index in [4.69, 9.17) is 5.73 Å². The first-order chi connectivity index (χ1) is 11.6. The lowest BCUT2D eigenvalue weighted by Crippen LogP contribution is -2.40. The van der Waals surface area contributed by atoms with Crippen LogP contribution in [0.25, 0.3) is 0 Å². The van der Waals surface area contributed by atoms with Crippen LogP contribution < -0.4 is 11.1 Å². The first-order valence-electron chi connectivity index (χ1n) is 7.93. The number of carbonyl (C=O) groups is 1. The SMILES string of the molecule is Cl.NCc1nc(C(=O)NCC2(c3c(F)cccc3F)CCCC2)cs1. The number of hydrogen-bond donors (Lipinski definition) is 2. The fourth-order valence-electron chi connectivity index (χ4n) is 3.42. The van der Waals surface area contributed by atoms with Crippen LogP contribution >= 0.6 is 23.7 Å². The lowest BCUT2D eigenvalue weighted by molar-refractivity contribution is 0.0937. The highest BCUT2D eigenvalue weighted by molar-refractivity contribution is 7.09. The zero-order valence-corrected chi connectivity index (χ0v) is 15.2. The van der Waals surface area contributed by atoms with E-state index in [1.54, 1.807) is 5.38 Å². The molecule has 0 spiro atoms. The van der Waals surface area contributed by atoms with Crippen molar-refractivity contribution in [2.75, 3.05) is 6.54 Å². The van der Waals surface area contributed by atoms with Crippen LogP contribution in [0.5, 0.6) is 0 Å². The predicted molar refractivity (Wildman–Crippen MR) is 96.1 cm³/mol. The largest absolute Gasteiger partial charge is 0.350 e. The molecule has 2 aromatic rings. The number of nitrogens with zero attached hydrogens (tertiary/aromatic N) is 1. The molecule has 1 saturated carbocycles. The average Bonchev–Trinajstić information content (AvgIpc) is 3.22. The molecule has 8 heteroatoms. The zero-order valence-electron chi connectivity index (χ0n) is 13.6. The first-order valence-corrected chi connectivity index (χ1v) is 8.81. The summed E-state index contributed by atoms with van der Waals surface area (Å²) in [5.74, 6) is -1.44. The molecule has 1 aromatic carbocycles. The van der Waals surface area contributed by atoms with E-state index in [2.05, 4.69) is 10.3 Å². The van der Waals surface area contributed by atoms with Crippen LogP contribution in [0, 0.1) is 11.6 Å². The maximum absolute atomic E-state index is 14.3. The molecule has 0 radical (unpaired) electrons. The van der Waals surface area contributed by atoms with Gasteiger partial charge in [0.15, 0.2) is 0 Å². The van der Waals surface area contributed by atoms with Gasteiger partial charge in [-0.3, -0.25) is 4.79 Å². The highest BCUT2D eigenvalue weighted by atomic mass is 35.5. The van der Waals surface area contributed by atoms with Gasteiger partial charge in [-0.25, -0.2) is 13.8 Å². The molecule has 1 fully saturated rings. The molecular formula is C17H20ClF2N3OS. The van der Waals surface area contributed by atoms with Crippen molar-refractivity contribution in [3.05, 3.63) is 51.5 Å². The highest BCUT2D eigenvalue weighted by Crippen LogP contribution is 2.42. The molecule has 1 amide bonds. The molecule has 136 valence electrons. The van der Waals surface area contributed by atoms with Gasteiger partial charge in [0, 0.05) is 29.4 Å². The van der Waals surface area contributed by atoms with E-state index in [1.165, 1.54) is 29.5 Å². The molecule has 0 bridgehead atoms. The van der Waals surface area contributed by atoms with Gasteiger partial charge < -0.3 is 11.1 Å². The predicted octanol–water partition coefficient (Wildman–Crippen LogP) is 3.54. The van der Waals surface area contributed by atoms with Crippen molar-refractivity contribution in [3.63, 3.8) is 0 Å². The van der Waals surface area contributed by atoms with Gasteiger partial charge in [-0.15, -0.1) is 23.7 Å². The summed E-state index contributed by atoms with van der Waals surface area (Å²) in [6.07, 6.45) is 3.07. The zero-order chi connectivity index (χ0) is 17.2. The third kappa shape index (κ3) is 3.99. The maximum Gasteiger partial charge on any atom is 0.270 e. The Labute approximate surface area is 155 Å². The minimum atomic E-state index is -0.697. The lowest BCUT2D eigenvalue weighted by atomic mass is 9.78. The number of carbonyl (C=O) groups excluding carboxylic acids is 1. The molecular weight excluding hydrogens is 368 g/mol. The molecule has 1 aliphatic rings. The third-order valence-corrected chi connectivity index (χ3v) is 5.47. The number of rotatable bonds is 5. The topological polar surface area (TPSA) is 68.0 Å². The van der Waals surface area contributed by atoms with Gasteiger partial charge in [0.1, 0.15) is 22.3 Å². The Morgan fingerprint density at radius 3 is 2.48 bits per heavy atom. The first kappa shape index (κ1) is 19.8. The molecule has 3 rings (SSSR count). The van der Waals surface area contributed by atoms with Crippen molar-refractivity contribution in [1.82, 2.24) is 10.3 Å². The van der Waals surface area contributed by atoms with Gasteiger partial charge in [0.2, 0.25) is 0 Å². The number of amides is 1. The van der Waals surface area contributed by atoms with Crippen molar-refractivity contribution >= 4 is 29.7 Å². The Balaban J connectivity index is 0.00000225. The van der Waals surface area contributed by atoms with Crippen LogP contribution in [0.2, 0.25) is 0 Å². The fourth-order valence-corrected chi connectivity index (χ4v) is 4.08. The fraction of sp³-hybridized carbons (Fsp3) is 0.412. The Bertz CT molecular complexity index is 727. The summed E-state index contributed by atoms with van der Waals surface area (Å²) < 4.78 is 28.5.